The van der Waals surface area contributed by atoms with Crippen LogP contribution < -0.4 is 4.74 Å². The van der Waals surface area contributed by atoms with Gasteiger partial charge in [0.05, 0.1) is 15.9 Å². The van der Waals surface area contributed by atoms with Crippen LogP contribution >= 0.6 is 15.9 Å². The van der Waals surface area contributed by atoms with Gasteiger partial charge in [-0.25, -0.2) is 4.39 Å². The van der Waals surface area contributed by atoms with E-state index in [1.54, 1.807) is 19.1 Å². The van der Waals surface area contributed by atoms with Crippen molar-refractivity contribution in [2.24, 2.45) is 0 Å². The van der Waals surface area contributed by atoms with Crippen molar-refractivity contribution in [3.63, 3.8) is 0 Å². The summed E-state index contributed by atoms with van der Waals surface area (Å²) in [5.74, 6) is 0.440. The molecule has 0 atom stereocenters. The summed E-state index contributed by atoms with van der Waals surface area (Å²) >= 11 is 3.52. The van der Waals surface area contributed by atoms with E-state index in [9.17, 15) is 4.39 Å². The summed E-state index contributed by atoms with van der Waals surface area (Å²) in [6.07, 6.45) is 0. The number of aryl methyl sites for hydroxylation is 3. The predicted molar refractivity (Wildman–Crippen MR) is 75.8 cm³/mol. The largest absolute Gasteiger partial charge is 0.487 e. The molecular formula is C14H16BrFN2O. The van der Waals surface area contributed by atoms with Crippen molar-refractivity contribution in [2.75, 3.05) is 0 Å². The van der Waals surface area contributed by atoms with Crippen molar-refractivity contribution in [1.82, 2.24) is 9.78 Å². The summed E-state index contributed by atoms with van der Waals surface area (Å²) in [6, 6.07) is 4.75. The van der Waals surface area contributed by atoms with Crippen molar-refractivity contribution < 1.29 is 9.13 Å². The lowest BCUT2D eigenvalue weighted by molar-refractivity contribution is 0.291. The molecule has 0 saturated heterocycles. The number of hydrogen-bond acceptors (Lipinski definition) is 2. The molecule has 1 aromatic carbocycles. The highest BCUT2D eigenvalue weighted by Gasteiger charge is 2.12. The van der Waals surface area contributed by atoms with Gasteiger partial charge in [0.1, 0.15) is 18.2 Å². The summed E-state index contributed by atoms with van der Waals surface area (Å²) in [4.78, 5) is 0. The highest BCUT2D eigenvalue weighted by molar-refractivity contribution is 9.10. The van der Waals surface area contributed by atoms with E-state index in [0.29, 0.717) is 17.9 Å². The van der Waals surface area contributed by atoms with Crippen LogP contribution in [0.15, 0.2) is 22.7 Å². The first-order valence-electron chi connectivity index (χ1n) is 6.13. The molecule has 0 N–H and O–H groups in total. The second kappa shape index (κ2) is 5.74. The molecule has 19 heavy (non-hydrogen) atoms. The number of benzene rings is 1. The maximum atomic E-state index is 13.2. The molecule has 0 fully saturated rings. The van der Waals surface area contributed by atoms with Gasteiger partial charge in [-0.15, -0.1) is 0 Å². The molecule has 2 rings (SSSR count). The Morgan fingerprint density at radius 3 is 2.74 bits per heavy atom. The minimum absolute atomic E-state index is 0.219. The Morgan fingerprint density at radius 1 is 1.37 bits per heavy atom. The molecule has 3 nitrogen and oxygen atoms in total. The summed E-state index contributed by atoms with van der Waals surface area (Å²) in [5, 5.41) is 4.40. The molecule has 0 saturated carbocycles. The van der Waals surface area contributed by atoms with E-state index in [0.717, 1.165) is 22.4 Å². The average molecular weight is 327 g/mol. The smallest absolute Gasteiger partial charge is 0.131 e. The second-order valence-electron chi connectivity index (χ2n) is 4.36. The number of rotatable bonds is 4. The van der Waals surface area contributed by atoms with Gasteiger partial charge < -0.3 is 4.74 Å². The van der Waals surface area contributed by atoms with Crippen LogP contribution in [0.3, 0.4) is 0 Å². The van der Waals surface area contributed by atoms with Gasteiger partial charge in [0.2, 0.25) is 0 Å². The van der Waals surface area contributed by atoms with E-state index in [4.69, 9.17) is 4.74 Å². The van der Waals surface area contributed by atoms with Crippen LogP contribution in [0.25, 0.3) is 0 Å². The third kappa shape index (κ3) is 2.97. The Balaban J connectivity index is 2.16. The fraction of sp³-hybridized carbons (Fsp3) is 0.357. The topological polar surface area (TPSA) is 27.1 Å². The molecule has 0 bridgehead atoms. The van der Waals surface area contributed by atoms with Crippen LogP contribution in [-0.2, 0) is 13.2 Å². The van der Waals surface area contributed by atoms with Crippen LogP contribution in [-0.4, -0.2) is 9.78 Å². The van der Waals surface area contributed by atoms with Crippen molar-refractivity contribution in [3.05, 3.63) is 45.4 Å². The molecule has 1 heterocycles. The molecule has 1 aromatic heterocycles. The Morgan fingerprint density at radius 2 is 2.11 bits per heavy atom. The quantitative estimate of drug-likeness (QED) is 0.849. The molecule has 0 unspecified atom stereocenters. The Hall–Kier alpha value is -1.36. The van der Waals surface area contributed by atoms with Gasteiger partial charge >= 0.3 is 0 Å². The maximum absolute atomic E-state index is 13.2. The van der Waals surface area contributed by atoms with Crippen LogP contribution in [0, 0.1) is 19.7 Å². The van der Waals surface area contributed by atoms with E-state index in [-0.39, 0.29) is 5.82 Å². The lowest BCUT2D eigenvalue weighted by atomic mass is 10.2. The normalized spacial score (nSPS) is 10.8. The van der Waals surface area contributed by atoms with E-state index in [1.165, 1.54) is 6.07 Å². The Bertz CT molecular complexity index is 595. The number of ether oxygens (including phenoxy) is 1. The standard InChI is InChI=1S/C14H16BrFN2O/c1-4-18-13(14(15)10(3)17-18)8-19-11-5-6-12(16)9(2)7-11/h5-7H,4,8H2,1-3H3. The van der Waals surface area contributed by atoms with Gasteiger partial charge in [0.25, 0.3) is 0 Å². The van der Waals surface area contributed by atoms with Crippen molar-refractivity contribution >= 4 is 15.9 Å². The molecule has 0 aliphatic rings. The number of halogens is 2. The summed E-state index contributed by atoms with van der Waals surface area (Å²) in [5.41, 5.74) is 2.51. The summed E-state index contributed by atoms with van der Waals surface area (Å²) in [6.45, 7) is 6.89. The maximum Gasteiger partial charge on any atom is 0.131 e. The van der Waals surface area contributed by atoms with Gasteiger partial charge in [0.15, 0.2) is 0 Å². The van der Waals surface area contributed by atoms with Crippen LogP contribution in [0.5, 0.6) is 5.75 Å². The van der Waals surface area contributed by atoms with E-state index in [1.807, 2.05) is 18.5 Å². The van der Waals surface area contributed by atoms with Crippen LogP contribution in [0.2, 0.25) is 0 Å². The van der Waals surface area contributed by atoms with E-state index in [2.05, 4.69) is 21.0 Å². The zero-order chi connectivity index (χ0) is 14.0. The first-order valence-corrected chi connectivity index (χ1v) is 6.93. The Labute approximate surface area is 120 Å². The third-order valence-corrected chi connectivity index (χ3v) is 3.99. The molecule has 0 spiro atoms. The molecule has 0 amide bonds. The highest BCUT2D eigenvalue weighted by atomic mass is 79.9. The highest BCUT2D eigenvalue weighted by Crippen LogP contribution is 2.23. The van der Waals surface area contributed by atoms with Gasteiger partial charge in [-0.3, -0.25) is 4.68 Å². The zero-order valence-corrected chi connectivity index (χ0v) is 12.8. The number of hydrogen-bond donors (Lipinski definition) is 0. The molecule has 2 aromatic rings. The van der Waals surface area contributed by atoms with Gasteiger partial charge in [-0.1, -0.05) is 0 Å². The minimum atomic E-state index is -0.219. The van der Waals surface area contributed by atoms with Crippen molar-refractivity contribution in [3.8, 4) is 5.75 Å². The molecule has 0 aliphatic carbocycles. The van der Waals surface area contributed by atoms with Crippen molar-refractivity contribution in [2.45, 2.75) is 33.9 Å². The molecule has 5 heteroatoms. The third-order valence-electron chi connectivity index (χ3n) is 2.96. The molecule has 102 valence electrons. The number of nitrogens with zero attached hydrogens (tertiary/aromatic N) is 2. The lowest BCUT2D eigenvalue weighted by Gasteiger charge is -2.09. The first-order chi connectivity index (χ1) is 9.02. The van der Waals surface area contributed by atoms with E-state index >= 15 is 0 Å². The first kappa shape index (κ1) is 14.1. The molecular weight excluding hydrogens is 311 g/mol. The monoisotopic (exact) mass is 326 g/mol. The fourth-order valence-electron chi connectivity index (χ4n) is 1.87. The molecule has 0 radical (unpaired) electrons. The minimum Gasteiger partial charge on any atom is -0.487 e. The van der Waals surface area contributed by atoms with E-state index < -0.39 is 0 Å². The van der Waals surface area contributed by atoms with Gasteiger partial charge in [-0.2, -0.15) is 5.10 Å². The predicted octanol–water partition coefficient (Wildman–Crippen LogP) is 4.00. The lowest BCUT2D eigenvalue weighted by Crippen LogP contribution is -2.06. The van der Waals surface area contributed by atoms with Gasteiger partial charge in [-0.05, 0) is 60.5 Å². The summed E-state index contributed by atoms with van der Waals surface area (Å²) in [7, 11) is 0. The number of aromatic nitrogens is 2. The zero-order valence-electron chi connectivity index (χ0n) is 11.2. The van der Waals surface area contributed by atoms with Crippen LogP contribution in [0.4, 0.5) is 4.39 Å². The fourth-order valence-corrected chi connectivity index (χ4v) is 2.26. The summed E-state index contributed by atoms with van der Waals surface area (Å²) < 4.78 is 21.7. The van der Waals surface area contributed by atoms with Crippen molar-refractivity contribution in [1.29, 1.82) is 0 Å². The van der Waals surface area contributed by atoms with Gasteiger partial charge in [0, 0.05) is 6.54 Å². The molecule has 0 aliphatic heterocycles. The Kier molecular flexibility index (Phi) is 4.24. The SMILES string of the molecule is CCn1nc(C)c(Br)c1COc1ccc(F)c(C)c1. The second-order valence-corrected chi connectivity index (χ2v) is 5.15. The average Bonchev–Trinajstić information content (AvgIpc) is 2.67. The van der Waals surface area contributed by atoms with Crippen LogP contribution in [0.1, 0.15) is 23.9 Å².